The quantitative estimate of drug-likeness (QED) is 0.542. The van der Waals surface area contributed by atoms with Crippen LogP contribution in [0.3, 0.4) is 0 Å². The largest absolute Gasteiger partial charge is 0.391 e. The molecule has 1 N–H and O–H groups in total. The minimum Gasteiger partial charge on any atom is -0.391 e. The fraction of sp³-hybridized carbons (Fsp3) is 0.833. The molecule has 1 atom stereocenters. The number of nitrogens with zero attached hydrogens (tertiary/aromatic N) is 1. The zero-order chi connectivity index (χ0) is 8.65. The molecule has 1 aliphatic heterocycles. The van der Waals surface area contributed by atoms with Crippen molar-refractivity contribution < 1.29 is 18.7 Å². The number of piperidine rings is 1. The maximum absolute atomic E-state index is 12.5. The van der Waals surface area contributed by atoms with Gasteiger partial charge in [-0.3, -0.25) is 4.79 Å². The number of aliphatic hydroxyl groups excluding tert-OH is 1. The third-order valence-corrected chi connectivity index (χ3v) is 1.64. The van der Waals surface area contributed by atoms with Crippen molar-refractivity contribution in [2.45, 2.75) is 18.4 Å². The summed E-state index contributed by atoms with van der Waals surface area (Å²) in [6, 6.07) is 0. The highest BCUT2D eigenvalue weighted by atomic mass is 19.3. The van der Waals surface area contributed by atoms with Crippen LogP contribution in [0.25, 0.3) is 0 Å². The Kier molecular flexibility index (Phi) is 1.83. The number of likely N-dealkylation sites (tertiary alicyclic amines) is 1. The van der Waals surface area contributed by atoms with Crippen molar-refractivity contribution in [2.75, 3.05) is 13.6 Å². The number of amides is 1. The minimum absolute atomic E-state index is 0.00553. The predicted octanol–water partition coefficient (Wildman–Crippen LogP) is -0.155. The molecule has 0 spiro atoms. The van der Waals surface area contributed by atoms with Crippen molar-refractivity contribution in [2.24, 2.45) is 0 Å². The summed E-state index contributed by atoms with van der Waals surface area (Å²) in [5.74, 6) is -4.59. The van der Waals surface area contributed by atoms with E-state index in [0.29, 0.717) is 0 Å². The number of alkyl halides is 2. The molecule has 11 heavy (non-hydrogen) atoms. The molecule has 1 unspecified atom stereocenters. The van der Waals surface area contributed by atoms with E-state index >= 15 is 0 Å². The number of β-amino-alcohol motifs (C(OH)–C–C–N with tert-alkyl or cyclic N) is 1. The van der Waals surface area contributed by atoms with E-state index < -0.39 is 24.4 Å². The SMILES string of the molecule is CN1CC(O)CC(F)(F)C1=O. The topological polar surface area (TPSA) is 40.5 Å². The standard InChI is InChI=1S/C6H9F2NO2/c1-9-3-4(10)2-6(7,8)5(9)11/h4,10H,2-3H2,1H3. The van der Waals surface area contributed by atoms with Gasteiger partial charge in [0.25, 0.3) is 5.91 Å². The Morgan fingerprint density at radius 1 is 1.73 bits per heavy atom. The van der Waals surface area contributed by atoms with Gasteiger partial charge in [0.05, 0.1) is 6.10 Å². The number of aliphatic hydroxyl groups is 1. The molecule has 1 saturated heterocycles. The molecule has 64 valence electrons. The maximum Gasteiger partial charge on any atom is 0.327 e. The summed E-state index contributed by atoms with van der Waals surface area (Å²) in [7, 11) is 1.25. The lowest BCUT2D eigenvalue weighted by atomic mass is 10.0. The summed E-state index contributed by atoms with van der Waals surface area (Å²) in [5.41, 5.74) is 0. The van der Waals surface area contributed by atoms with Crippen molar-refractivity contribution in [1.29, 1.82) is 0 Å². The molecule has 0 bridgehead atoms. The average Bonchev–Trinajstić information content (AvgIpc) is 1.81. The van der Waals surface area contributed by atoms with E-state index in [9.17, 15) is 13.6 Å². The van der Waals surface area contributed by atoms with Crippen molar-refractivity contribution in [3.05, 3.63) is 0 Å². The summed E-state index contributed by atoms with van der Waals surface area (Å²) >= 11 is 0. The summed E-state index contributed by atoms with van der Waals surface area (Å²) < 4.78 is 25.1. The van der Waals surface area contributed by atoms with Gasteiger partial charge in [0.15, 0.2) is 0 Å². The van der Waals surface area contributed by atoms with Gasteiger partial charge in [-0.2, -0.15) is 8.78 Å². The second kappa shape index (κ2) is 2.41. The van der Waals surface area contributed by atoms with Crippen molar-refractivity contribution in [3.8, 4) is 0 Å². The van der Waals surface area contributed by atoms with Crippen LogP contribution in [0.5, 0.6) is 0 Å². The number of carbonyl (C=O) groups excluding carboxylic acids is 1. The Morgan fingerprint density at radius 3 is 2.73 bits per heavy atom. The van der Waals surface area contributed by atoms with E-state index in [1.54, 1.807) is 0 Å². The first-order valence-electron chi connectivity index (χ1n) is 3.25. The van der Waals surface area contributed by atoms with Crippen LogP contribution in [0.1, 0.15) is 6.42 Å². The van der Waals surface area contributed by atoms with E-state index in [0.717, 1.165) is 4.90 Å². The number of halogens is 2. The lowest BCUT2D eigenvalue weighted by Crippen LogP contribution is -2.52. The van der Waals surface area contributed by atoms with Crippen molar-refractivity contribution in [1.82, 2.24) is 4.90 Å². The second-order valence-electron chi connectivity index (χ2n) is 2.75. The summed E-state index contributed by atoms with van der Waals surface area (Å²) in [4.78, 5) is 11.5. The smallest absolute Gasteiger partial charge is 0.327 e. The highest BCUT2D eigenvalue weighted by molar-refractivity contribution is 5.84. The molecule has 1 rings (SSSR count). The monoisotopic (exact) mass is 165 g/mol. The molecule has 0 aromatic rings. The lowest BCUT2D eigenvalue weighted by molar-refractivity contribution is -0.170. The van der Waals surface area contributed by atoms with Crippen LogP contribution in [-0.4, -0.2) is 41.5 Å². The Balaban J connectivity index is 2.75. The zero-order valence-corrected chi connectivity index (χ0v) is 6.05. The van der Waals surface area contributed by atoms with Crippen molar-refractivity contribution >= 4 is 5.91 Å². The van der Waals surface area contributed by atoms with Crippen LogP contribution in [-0.2, 0) is 4.79 Å². The van der Waals surface area contributed by atoms with E-state index in [-0.39, 0.29) is 6.54 Å². The van der Waals surface area contributed by atoms with E-state index in [1.807, 2.05) is 0 Å². The van der Waals surface area contributed by atoms with Gasteiger partial charge >= 0.3 is 5.92 Å². The van der Waals surface area contributed by atoms with Crippen LogP contribution in [0.4, 0.5) is 8.78 Å². The molecule has 0 aromatic heterocycles. The number of carbonyl (C=O) groups is 1. The molecule has 0 radical (unpaired) electrons. The average molecular weight is 165 g/mol. The molecule has 1 fully saturated rings. The molecule has 1 aliphatic rings. The molecular weight excluding hydrogens is 156 g/mol. The number of hydrogen-bond donors (Lipinski definition) is 1. The molecule has 3 nitrogen and oxygen atoms in total. The van der Waals surface area contributed by atoms with Gasteiger partial charge in [-0.15, -0.1) is 0 Å². The van der Waals surface area contributed by atoms with Crippen LogP contribution in [0.15, 0.2) is 0 Å². The van der Waals surface area contributed by atoms with Crippen molar-refractivity contribution in [3.63, 3.8) is 0 Å². The van der Waals surface area contributed by atoms with Gasteiger partial charge in [0.1, 0.15) is 0 Å². The van der Waals surface area contributed by atoms with Crippen LogP contribution in [0, 0.1) is 0 Å². The van der Waals surface area contributed by atoms with Gasteiger partial charge in [-0.05, 0) is 0 Å². The summed E-state index contributed by atoms with van der Waals surface area (Å²) in [5, 5.41) is 8.86. The second-order valence-corrected chi connectivity index (χ2v) is 2.75. The predicted molar refractivity (Wildman–Crippen MR) is 33.2 cm³/mol. The van der Waals surface area contributed by atoms with Gasteiger partial charge in [0.2, 0.25) is 0 Å². The van der Waals surface area contributed by atoms with Crippen LogP contribution >= 0.6 is 0 Å². The zero-order valence-electron chi connectivity index (χ0n) is 6.05. The van der Waals surface area contributed by atoms with E-state index in [1.165, 1.54) is 7.05 Å². The minimum atomic E-state index is -3.38. The molecule has 1 amide bonds. The normalized spacial score (nSPS) is 30.7. The van der Waals surface area contributed by atoms with Gasteiger partial charge in [-0.1, -0.05) is 0 Å². The first-order chi connectivity index (χ1) is 4.93. The Labute approximate surface area is 62.6 Å². The first-order valence-corrected chi connectivity index (χ1v) is 3.25. The number of likely N-dealkylation sites (N-methyl/N-ethyl adjacent to an activating group) is 1. The van der Waals surface area contributed by atoms with E-state index in [4.69, 9.17) is 5.11 Å². The Hall–Kier alpha value is -0.710. The van der Waals surface area contributed by atoms with E-state index in [2.05, 4.69) is 0 Å². The van der Waals surface area contributed by atoms with Gasteiger partial charge < -0.3 is 10.0 Å². The number of rotatable bonds is 0. The summed E-state index contributed by atoms with van der Waals surface area (Å²) in [6.45, 7) is -0.00553. The third kappa shape index (κ3) is 1.48. The lowest BCUT2D eigenvalue weighted by Gasteiger charge is -2.31. The molecule has 0 aromatic carbocycles. The maximum atomic E-state index is 12.5. The van der Waals surface area contributed by atoms with Gasteiger partial charge in [-0.25, -0.2) is 0 Å². The van der Waals surface area contributed by atoms with Gasteiger partial charge in [0, 0.05) is 20.0 Å². The molecule has 5 heteroatoms. The highest BCUT2D eigenvalue weighted by Gasteiger charge is 2.46. The highest BCUT2D eigenvalue weighted by Crippen LogP contribution is 2.27. The third-order valence-electron chi connectivity index (χ3n) is 1.64. The first kappa shape index (κ1) is 8.39. The molecular formula is C6H9F2NO2. The molecule has 1 heterocycles. The van der Waals surface area contributed by atoms with Crippen LogP contribution < -0.4 is 0 Å². The van der Waals surface area contributed by atoms with Crippen LogP contribution in [0.2, 0.25) is 0 Å². The fourth-order valence-electron chi connectivity index (χ4n) is 1.13. The number of hydrogen-bond acceptors (Lipinski definition) is 2. The Morgan fingerprint density at radius 2 is 2.27 bits per heavy atom. The fourth-order valence-corrected chi connectivity index (χ4v) is 1.13. The summed E-state index contributed by atoms with van der Waals surface area (Å²) in [6.07, 6.45) is -1.86. The molecule has 0 aliphatic carbocycles. The molecule has 0 saturated carbocycles. The Bertz CT molecular complexity index is 183.